The molecule has 1 aromatic rings. The molecule has 0 saturated heterocycles. The van der Waals surface area contributed by atoms with Crippen LogP contribution in [0.3, 0.4) is 0 Å². The molecule has 15 heavy (non-hydrogen) atoms. The molecule has 0 atom stereocenters. The van der Waals surface area contributed by atoms with E-state index in [4.69, 9.17) is 4.74 Å². The molecule has 84 valence electrons. The van der Waals surface area contributed by atoms with Gasteiger partial charge in [0.25, 0.3) is 0 Å². The van der Waals surface area contributed by atoms with Crippen molar-refractivity contribution in [1.82, 2.24) is 0 Å². The number of ether oxygens (including phenoxy) is 1. The highest BCUT2D eigenvalue weighted by molar-refractivity contribution is 7.98. The van der Waals surface area contributed by atoms with E-state index in [0.29, 0.717) is 0 Å². The first-order chi connectivity index (χ1) is 7.19. The molecular weight excluding hydrogens is 204 g/mol. The molecule has 0 heterocycles. The third-order valence-electron chi connectivity index (χ3n) is 2.41. The molecule has 1 nitrogen and oxygen atoms in total. The summed E-state index contributed by atoms with van der Waals surface area (Å²) in [5.41, 5.74) is 2.49. The molecule has 2 heteroatoms. The SMILES string of the molecule is CCCCOc1c(C)cc(SC)cc1C. The van der Waals surface area contributed by atoms with Gasteiger partial charge in [-0.2, -0.15) is 0 Å². The minimum Gasteiger partial charge on any atom is -0.493 e. The van der Waals surface area contributed by atoms with Crippen LogP contribution in [0.4, 0.5) is 0 Å². The van der Waals surface area contributed by atoms with Crippen molar-refractivity contribution >= 4 is 11.8 Å². The summed E-state index contributed by atoms with van der Waals surface area (Å²) in [4.78, 5) is 1.31. The van der Waals surface area contributed by atoms with Crippen molar-refractivity contribution in [3.8, 4) is 5.75 Å². The summed E-state index contributed by atoms with van der Waals surface area (Å²) < 4.78 is 5.80. The van der Waals surface area contributed by atoms with Gasteiger partial charge in [-0.15, -0.1) is 11.8 Å². The van der Waals surface area contributed by atoms with Gasteiger partial charge in [0.05, 0.1) is 6.61 Å². The van der Waals surface area contributed by atoms with E-state index in [1.54, 1.807) is 11.8 Å². The molecule has 0 radical (unpaired) electrons. The number of benzene rings is 1. The first-order valence-corrected chi connectivity index (χ1v) is 6.69. The lowest BCUT2D eigenvalue weighted by Gasteiger charge is -2.13. The highest BCUT2D eigenvalue weighted by Crippen LogP contribution is 2.28. The second kappa shape index (κ2) is 6.06. The zero-order chi connectivity index (χ0) is 11.3. The Morgan fingerprint density at radius 3 is 2.27 bits per heavy atom. The lowest BCUT2D eigenvalue weighted by Crippen LogP contribution is -2.00. The Bertz CT molecular complexity index is 297. The lowest BCUT2D eigenvalue weighted by atomic mass is 10.1. The van der Waals surface area contributed by atoms with Crippen LogP contribution in [0.5, 0.6) is 5.75 Å². The van der Waals surface area contributed by atoms with Crippen LogP contribution < -0.4 is 4.74 Å². The zero-order valence-corrected chi connectivity index (χ0v) is 10.9. The third kappa shape index (κ3) is 3.45. The maximum absolute atomic E-state index is 5.80. The normalized spacial score (nSPS) is 10.4. The first-order valence-electron chi connectivity index (χ1n) is 5.47. The van der Waals surface area contributed by atoms with E-state index in [1.165, 1.54) is 22.4 Å². The Labute approximate surface area is 97.2 Å². The van der Waals surface area contributed by atoms with E-state index in [1.807, 2.05) is 0 Å². The predicted molar refractivity (Wildman–Crippen MR) is 68.1 cm³/mol. The van der Waals surface area contributed by atoms with Gasteiger partial charge >= 0.3 is 0 Å². The molecule has 0 spiro atoms. The summed E-state index contributed by atoms with van der Waals surface area (Å²) >= 11 is 1.78. The molecule has 0 fully saturated rings. The number of hydrogen-bond acceptors (Lipinski definition) is 2. The van der Waals surface area contributed by atoms with Gasteiger partial charge in [0.15, 0.2) is 0 Å². The van der Waals surface area contributed by atoms with Crippen molar-refractivity contribution in [1.29, 1.82) is 0 Å². The minimum absolute atomic E-state index is 0.830. The van der Waals surface area contributed by atoms with Crippen molar-refractivity contribution in [3.05, 3.63) is 23.3 Å². The van der Waals surface area contributed by atoms with Gasteiger partial charge < -0.3 is 4.74 Å². The second-order valence-corrected chi connectivity index (χ2v) is 4.67. The molecule has 1 rings (SSSR count). The average Bonchev–Trinajstić information content (AvgIpc) is 2.22. The van der Waals surface area contributed by atoms with Gasteiger partial charge in [0.2, 0.25) is 0 Å². The molecule has 0 N–H and O–H groups in total. The highest BCUT2D eigenvalue weighted by atomic mass is 32.2. The standard InChI is InChI=1S/C13H20OS/c1-5-6-7-14-13-10(2)8-12(15-4)9-11(13)3/h8-9H,5-7H2,1-4H3. The quantitative estimate of drug-likeness (QED) is 0.547. The summed E-state index contributed by atoms with van der Waals surface area (Å²) in [5.74, 6) is 1.07. The van der Waals surface area contributed by atoms with E-state index in [2.05, 4.69) is 39.2 Å². The van der Waals surface area contributed by atoms with Crippen LogP contribution in [0.2, 0.25) is 0 Å². The fraction of sp³-hybridized carbons (Fsp3) is 0.538. The molecule has 0 saturated carbocycles. The number of unbranched alkanes of at least 4 members (excludes halogenated alkanes) is 1. The van der Waals surface area contributed by atoms with E-state index >= 15 is 0 Å². The van der Waals surface area contributed by atoms with Gasteiger partial charge in [0, 0.05) is 4.90 Å². The first kappa shape index (κ1) is 12.4. The van der Waals surface area contributed by atoms with Gasteiger partial charge in [-0.25, -0.2) is 0 Å². The highest BCUT2D eigenvalue weighted by Gasteiger charge is 2.05. The number of aryl methyl sites for hydroxylation is 2. The van der Waals surface area contributed by atoms with Gasteiger partial charge in [-0.1, -0.05) is 13.3 Å². The molecule has 0 aliphatic rings. The fourth-order valence-corrected chi connectivity index (χ4v) is 2.16. The Kier molecular flexibility index (Phi) is 5.03. The maximum Gasteiger partial charge on any atom is 0.125 e. The van der Waals surface area contributed by atoms with Crippen LogP contribution in [0, 0.1) is 13.8 Å². The molecule has 0 unspecified atom stereocenters. The van der Waals surface area contributed by atoms with Gasteiger partial charge in [-0.3, -0.25) is 0 Å². The molecule has 0 aliphatic carbocycles. The topological polar surface area (TPSA) is 9.23 Å². The molecule has 0 bridgehead atoms. The Hall–Kier alpha value is -0.630. The summed E-state index contributed by atoms with van der Waals surface area (Å²) in [7, 11) is 0. The summed E-state index contributed by atoms with van der Waals surface area (Å²) in [5, 5.41) is 0. The summed E-state index contributed by atoms with van der Waals surface area (Å²) in [6.07, 6.45) is 4.41. The zero-order valence-electron chi connectivity index (χ0n) is 10.1. The number of hydrogen-bond donors (Lipinski definition) is 0. The van der Waals surface area contributed by atoms with Crippen LogP contribution in [0.15, 0.2) is 17.0 Å². The minimum atomic E-state index is 0.830. The Morgan fingerprint density at radius 2 is 1.80 bits per heavy atom. The van der Waals surface area contributed by atoms with Crippen LogP contribution in [0.1, 0.15) is 30.9 Å². The molecular formula is C13H20OS. The van der Waals surface area contributed by atoms with Crippen molar-refractivity contribution < 1.29 is 4.74 Å². The average molecular weight is 224 g/mol. The maximum atomic E-state index is 5.80. The predicted octanol–water partition coefficient (Wildman–Crippen LogP) is 4.20. The monoisotopic (exact) mass is 224 g/mol. The van der Waals surface area contributed by atoms with E-state index in [9.17, 15) is 0 Å². The summed E-state index contributed by atoms with van der Waals surface area (Å²) in [6.45, 7) is 7.25. The van der Waals surface area contributed by atoms with Crippen molar-refractivity contribution in [2.45, 2.75) is 38.5 Å². The number of thioether (sulfide) groups is 1. The third-order valence-corrected chi connectivity index (χ3v) is 3.12. The molecule has 0 aromatic heterocycles. The van der Waals surface area contributed by atoms with Crippen molar-refractivity contribution in [2.75, 3.05) is 12.9 Å². The lowest BCUT2D eigenvalue weighted by molar-refractivity contribution is 0.305. The van der Waals surface area contributed by atoms with Crippen LogP contribution in [0.25, 0.3) is 0 Å². The van der Waals surface area contributed by atoms with Gasteiger partial charge in [-0.05, 0) is 49.8 Å². The van der Waals surface area contributed by atoms with Crippen molar-refractivity contribution in [2.24, 2.45) is 0 Å². The number of rotatable bonds is 5. The smallest absolute Gasteiger partial charge is 0.125 e. The molecule has 1 aromatic carbocycles. The van der Waals surface area contributed by atoms with E-state index in [0.717, 1.165) is 18.8 Å². The largest absolute Gasteiger partial charge is 0.493 e. The Morgan fingerprint density at radius 1 is 1.20 bits per heavy atom. The fourth-order valence-electron chi connectivity index (χ4n) is 1.57. The van der Waals surface area contributed by atoms with Crippen LogP contribution >= 0.6 is 11.8 Å². The van der Waals surface area contributed by atoms with Crippen molar-refractivity contribution in [3.63, 3.8) is 0 Å². The van der Waals surface area contributed by atoms with Crippen LogP contribution in [-0.2, 0) is 0 Å². The molecule has 0 amide bonds. The van der Waals surface area contributed by atoms with E-state index in [-0.39, 0.29) is 0 Å². The van der Waals surface area contributed by atoms with Crippen LogP contribution in [-0.4, -0.2) is 12.9 Å². The van der Waals surface area contributed by atoms with E-state index < -0.39 is 0 Å². The van der Waals surface area contributed by atoms with Gasteiger partial charge in [0.1, 0.15) is 5.75 Å². The Balaban J connectivity index is 2.79. The summed E-state index contributed by atoms with van der Waals surface area (Å²) in [6, 6.07) is 4.39. The molecule has 0 aliphatic heterocycles. The second-order valence-electron chi connectivity index (χ2n) is 3.79.